The van der Waals surface area contributed by atoms with Crippen molar-refractivity contribution in [2.24, 2.45) is 5.92 Å². The van der Waals surface area contributed by atoms with Crippen LogP contribution in [0, 0.1) is 19.8 Å². The average molecular weight is 359 g/mol. The van der Waals surface area contributed by atoms with E-state index in [9.17, 15) is 4.79 Å². The fourth-order valence-electron chi connectivity index (χ4n) is 4.49. The molecule has 2 aliphatic rings. The van der Waals surface area contributed by atoms with Crippen molar-refractivity contribution in [3.63, 3.8) is 0 Å². The molecule has 0 aromatic carbocycles. The third-order valence-corrected chi connectivity index (χ3v) is 5.85. The highest BCUT2D eigenvalue weighted by atomic mass is 16.2. The van der Waals surface area contributed by atoms with Gasteiger partial charge in [-0.25, -0.2) is 4.79 Å². The largest absolute Gasteiger partial charge is 0.338 e. The predicted octanol–water partition coefficient (Wildman–Crippen LogP) is 3.49. The molecular weight excluding hydrogens is 324 g/mol. The van der Waals surface area contributed by atoms with Gasteiger partial charge >= 0.3 is 6.03 Å². The van der Waals surface area contributed by atoms with Crippen LogP contribution < -0.4 is 5.32 Å². The highest BCUT2D eigenvalue weighted by molar-refractivity contribution is 5.73. The van der Waals surface area contributed by atoms with E-state index in [1.807, 2.05) is 14.0 Å². The van der Waals surface area contributed by atoms with Crippen LogP contribution in [0.1, 0.15) is 55.5 Å². The van der Waals surface area contributed by atoms with Crippen molar-refractivity contribution in [3.8, 4) is 0 Å². The summed E-state index contributed by atoms with van der Waals surface area (Å²) >= 11 is 0. The molecule has 2 heterocycles. The van der Waals surface area contributed by atoms with E-state index in [-0.39, 0.29) is 6.03 Å². The summed E-state index contributed by atoms with van der Waals surface area (Å²) < 4.78 is 0. The smallest absolute Gasteiger partial charge is 0.317 e. The molecule has 2 fully saturated rings. The van der Waals surface area contributed by atoms with Crippen molar-refractivity contribution >= 4 is 6.03 Å². The van der Waals surface area contributed by atoms with Crippen molar-refractivity contribution < 1.29 is 4.79 Å². The Bertz CT molecular complexity index is 592. The van der Waals surface area contributed by atoms with Crippen molar-refractivity contribution in [2.75, 3.05) is 26.7 Å². The molecule has 1 atom stereocenters. The Labute approximate surface area is 158 Å². The molecule has 144 valence electrons. The van der Waals surface area contributed by atoms with Crippen LogP contribution in [0.15, 0.2) is 12.1 Å². The number of likely N-dealkylation sites (tertiary alicyclic amines) is 1. The van der Waals surface area contributed by atoms with Crippen molar-refractivity contribution in [2.45, 2.75) is 65.0 Å². The second-order valence-electron chi connectivity index (χ2n) is 8.26. The topological polar surface area (TPSA) is 48.5 Å². The lowest BCUT2D eigenvalue weighted by atomic mass is 9.94. The van der Waals surface area contributed by atoms with Gasteiger partial charge in [-0.05, 0) is 63.3 Å². The van der Waals surface area contributed by atoms with Crippen molar-refractivity contribution in [1.82, 2.24) is 20.1 Å². The zero-order valence-electron chi connectivity index (χ0n) is 16.6. The number of urea groups is 1. The Kier molecular flexibility index (Phi) is 6.52. The van der Waals surface area contributed by atoms with Crippen LogP contribution in [-0.4, -0.2) is 53.5 Å². The van der Waals surface area contributed by atoms with Gasteiger partial charge in [-0.3, -0.25) is 4.98 Å². The second kappa shape index (κ2) is 8.85. The van der Waals surface area contributed by atoms with E-state index < -0.39 is 0 Å². The summed E-state index contributed by atoms with van der Waals surface area (Å²) in [7, 11) is 1.84. The maximum absolute atomic E-state index is 12.4. The van der Waals surface area contributed by atoms with E-state index in [2.05, 4.69) is 34.3 Å². The number of nitrogens with zero attached hydrogens (tertiary/aromatic N) is 3. The molecule has 2 amide bonds. The minimum absolute atomic E-state index is 0.00192. The molecule has 1 N–H and O–H groups in total. The normalized spacial score (nSPS) is 21.7. The first-order valence-electron chi connectivity index (χ1n) is 10.2. The molecule has 5 heteroatoms. The SMILES string of the molecule is Cc1cc(C)nc(CN(C)C(=O)NC[C@H]2CCN(C3CCCCC3)C2)c1. The summed E-state index contributed by atoms with van der Waals surface area (Å²) in [6.45, 7) is 7.74. The van der Waals surface area contributed by atoms with Crippen molar-refractivity contribution in [3.05, 3.63) is 29.1 Å². The maximum atomic E-state index is 12.4. The first kappa shape index (κ1) is 19.2. The van der Waals surface area contributed by atoms with Gasteiger partial charge in [0.15, 0.2) is 0 Å². The number of hydrogen-bond donors (Lipinski definition) is 1. The average Bonchev–Trinajstić information content (AvgIpc) is 3.08. The molecule has 1 aromatic rings. The van der Waals surface area contributed by atoms with Gasteiger partial charge in [0, 0.05) is 31.9 Å². The van der Waals surface area contributed by atoms with E-state index in [4.69, 9.17) is 0 Å². The van der Waals surface area contributed by atoms with E-state index in [0.29, 0.717) is 12.5 Å². The van der Waals surface area contributed by atoms with Gasteiger partial charge in [0.2, 0.25) is 0 Å². The lowest BCUT2D eigenvalue weighted by Gasteiger charge is -2.31. The number of rotatable bonds is 5. The molecule has 5 nitrogen and oxygen atoms in total. The molecule has 0 spiro atoms. The third-order valence-electron chi connectivity index (χ3n) is 5.85. The van der Waals surface area contributed by atoms with Gasteiger partial charge in [0.25, 0.3) is 0 Å². The summed E-state index contributed by atoms with van der Waals surface area (Å²) in [6, 6.07) is 4.90. The van der Waals surface area contributed by atoms with Crippen LogP contribution in [0.5, 0.6) is 0 Å². The Morgan fingerprint density at radius 3 is 2.73 bits per heavy atom. The van der Waals surface area contributed by atoms with Crippen LogP contribution in [-0.2, 0) is 6.54 Å². The molecule has 1 aliphatic carbocycles. The van der Waals surface area contributed by atoms with Crippen molar-refractivity contribution in [1.29, 1.82) is 0 Å². The van der Waals surface area contributed by atoms with Crippen LogP contribution in [0.25, 0.3) is 0 Å². The van der Waals surface area contributed by atoms with Gasteiger partial charge in [0.1, 0.15) is 0 Å². The van der Waals surface area contributed by atoms with Gasteiger partial charge < -0.3 is 15.1 Å². The molecule has 0 unspecified atom stereocenters. The minimum Gasteiger partial charge on any atom is -0.338 e. The molecule has 1 aromatic heterocycles. The van der Waals surface area contributed by atoms with Crippen LogP contribution in [0.4, 0.5) is 4.79 Å². The molecule has 1 aliphatic heterocycles. The van der Waals surface area contributed by atoms with Crippen LogP contribution in [0.2, 0.25) is 0 Å². The fourth-order valence-corrected chi connectivity index (χ4v) is 4.49. The number of carbonyl (C=O) groups excluding carboxylic acids is 1. The first-order chi connectivity index (χ1) is 12.5. The molecule has 26 heavy (non-hydrogen) atoms. The highest BCUT2D eigenvalue weighted by Gasteiger charge is 2.29. The number of pyridine rings is 1. The minimum atomic E-state index is 0.00192. The Morgan fingerprint density at radius 1 is 1.23 bits per heavy atom. The van der Waals surface area contributed by atoms with E-state index in [1.54, 1.807) is 4.90 Å². The number of carbonyl (C=O) groups is 1. The molecule has 0 bridgehead atoms. The van der Waals surface area contributed by atoms with E-state index in [1.165, 1.54) is 50.6 Å². The number of aryl methyl sites for hydroxylation is 2. The summed E-state index contributed by atoms with van der Waals surface area (Å²) in [4.78, 5) is 21.4. The molecule has 3 rings (SSSR count). The Morgan fingerprint density at radius 2 is 2.00 bits per heavy atom. The molecule has 1 saturated heterocycles. The van der Waals surface area contributed by atoms with Crippen LogP contribution >= 0.6 is 0 Å². The van der Waals surface area contributed by atoms with Crippen LogP contribution in [0.3, 0.4) is 0 Å². The second-order valence-corrected chi connectivity index (χ2v) is 8.26. The number of aromatic nitrogens is 1. The van der Waals surface area contributed by atoms with Gasteiger partial charge in [0.05, 0.1) is 12.2 Å². The predicted molar refractivity (Wildman–Crippen MR) is 105 cm³/mol. The quantitative estimate of drug-likeness (QED) is 0.876. The maximum Gasteiger partial charge on any atom is 0.317 e. The lowest BCUT2D eigenvalue weighted by molar-refractivity contribution is 0.183. The highest BCUT2D eigenvalue weighted by Crippen LogP contribution is 2.27. The van der Waals surface area contributed by atoms with Gasteiger partial charge in [-0.1, -0.05) is 19.3 Å². The number of nitrogens with one attached hydrogen (secondary N) is 1. The summed E-state index contributed by atoms with van der Waals surface area (Å²) in [5.41, 5.74) is 3.14. The standard InChI is InChI=1S/C21H34N4O/c1-16-11-17(2)23-19(12-16)15-24(3)21(26)22-13-18-9-10-25(14-18)20-7-5-4-6-8-20/h11-12,18,20H,4-10,13-15H2,1-3H3,(H,22,26)/t18-/m1/s1. The lowest BCUT2D eigenvalue weighted by Crippen LogP contribution is -2.40. The Balaban J connectivity index is 1.42. The number of hydrogen-bond acceptors (Lipinski definition) is 3. The summed E-state index contributed by atoms with van der Waals surface area (Å²) in [5, 5.41) is 3.13. The van der Waals surface area contributed by atoms with E-state index in [0.717, 1.165) is 30.5 Å². The van der Waals surface area contributed by atoms with Gasteiger partial charge in [-0.2, -0.15) is 0 Å². The number of amides is 2. The van der Waals surface area contributed by atoms with Gasteiger partial charge in [-0.15, -0.1) is 0 Å². The zero-order chi connectivity index (χ0) is 18.5. The summed E-state index contributed by atoms with van der Waals surface area (Å²) in [5.74, 6) is 0.591. The Hall–Kier alpha value is -1.62. The third kappa shape index (κ3) is 5.19. The molecule has 0 radical (unpaired) electrons. The summed E-state index contributed by atoms with van der Waals surface area (Å²) in [6.07, 6.45) is 8.12. The molecule has 1 saturated carbocycles. The van der Waals surface area contributed by atoms with E-state index >= 15 is 0 Å². The first-order valence-corrected chi connectivity index (χ1v) is 10.2. The fraction of sp³-hybridized carbons (Fsp3) is 0.714. The zero-order valence-corrected chi connectivity index (χ0v) is 16.6. The molecular formula is C21H34N4O. The monoisotopic (exact) mass is 358 g/mol.